The third kappa shape index (κ3) is 3.95. The lowest BCUT2D eigenvalue weighted by molar-refractivity contribution is 0.494. The molecule has 3 N–H and O–H groups in total. The first-order chi connectivity index (χ1) is 10.4. The van der Waals surface area contributed by atoms with Crippen molar-refractivity contribution in [2.45, 2.75) is 19.3 Å². The van der Waals surface area contributed by atoms with Crippen molar-refractivity contribution in [3.63, 3.8) is 0 Å². The molecule has 1 aromatic heterocycles. The highest BCUT2D eigenvalue weighted by Crippen LogP contribution is 2.29. The molecule has 0 aliphatic rings. The SMILES string of the molecule is CC(C)(CN=C(N)Nc1ccccn1)c1cccc(Cl)c1F. The first-order valence-corrected chi connectivity index (χ1v) is 7.20. The molecule has 116 valence electrons. The maximum absolute atomic E-state index is 14.1. The van der Waals surface area contributed by atoms with E-state index in [4.69, 9.17) is 17.3 Å². The maximum atomic E-state index is 14.1. The van der Waals surface area contributed by atoms with Crippen LogP contribution in [0.25, 0.3) is 0 Å². The second kappa shape index (κ2) is 6.75. The predicted molar refractivity (Wildman–Crippen MR) is 88.8 cm³/mol. The van der Waals surface area contributed by atoms with Gasteiger partial charge in [0.15, 0.2) is 5.96 Å². The van der Waals surface area contributed by atoms with Gasteiger partial charge in [0.1, 0.15) is 11.6 Å². The highest BCUT2D eigenvalue weighted by atomic mass is 35.5. The van der Waals surface area contributed by atoms with Crippen LogP contribution in [0.1, 0.15) is 19.4 Å². The van der Waals surface area contributed by atoms with Crippen molar-refractivity contribution in [2.24, 2.45) is 10.7 Å². The molecule has 0 aliphatic carbocycles. The van der Waals surface area contributed by atoms with Gasteiger partial charge in [-0.15, -0.1) is 0 Å². The number of rotatable bonds is 4. The molecule has 0 bridgehead atoms. The van der Waals surface area contributed by atoms with Crippen LogP contribution >= 0.6 is 11.6 Å². The van der Waals surface area contributed by atoms with Crippen LogP contribution < -0.4 is 11.1 Å². The van der Waals surface area contributed by atoms with Gasteiger partial charge in [0, 0.05) is 11.6 Å². The smallest absolute Gasteiger partial charge is 0.194 e. The summed E-state index contributed by atoms with van der Waals surface area (Å²) in [6.07, 6.45) is 1.65. The van der Waals surface area contributed by atoms with Crippen molar-refractivity contribution < 1.29 is 4.39 Å². The molecule has 0 spiro atoms. The van der Waals surface area contributed by atoms with Gasteiger partial charge in [-0.25, -0.2) is 9.37 Å². The number of aliphatic imine (C=N–C) groups is 1. The number of hydrogen-bond donors (Lipinski definition) is 2. The number of nitrogens with two attached hydrogens (primary N) is 1. The fourth-order valence-electron chi connectivity index (χ4n) is 2.00. The Hall–Kier alpha value is -2.14. The Balaban J connectivity index is 2.11. The number of aromatic nitrogens is 1. The molecule has 1 aromatic carbocycles. The van der Waals surface area contributed by atoms with Crippen molar-refractivity contribution in [1.29, 1.82) is 0 Å². The Morgan fingerprint density at radius 1 is 1.32 bits per heavy atom. The van der Waals surface area contributed by atoms with E-state index in [2.05, 4.69) is 15.3 Å². The molecule has 0 atom stereocenters. The van der Waals surface area contributed by atoms with Crippen LogP contribution in [0.5, 0.6) is 0 Å². The van der Waals surface area contributed by atoms with Crippen LogP contribution in [0.3, 0.4) is 0 Å². The third-order valence-electron chi connectivity index (χ3n) is 3.25. The molecular formula is C16H18ClFN4. The Kier molecular flexibility index (Phi) is 4.98. The minimum absolute atomic E-state index is 0.106. The minimum atomic E-state index is -0.536. The topological polar surface area (TPSA) is 63.3 Å². The van der Waals surface area contributed by atoms with Gasteiger partial charge in [-0.3, -0.25) is 4.99 Å². The number of halogens is 2. The zero-order chi connectivity index (χ0) is 16.2. The summed E-state index contributed by atoms with van der Waals surface area (Å²) >= 11 is 5.83. The molecule has 2 rings (SSSR count). The van der Waals surface area contributed by atoms with Crippen molar-refractivity contribution >= 4 is 23.4 Å². The molecule has 0 radical (unpaired) electrons. The Bertz CT molecular complexity index is 671. The molecule has 0 saturated carbocycles. The van der Waals surface area contributed by atoms with Crippen LogP contribution in [0, 0.1) is 5.82 Å². The lowest BCUT2D eigenvalue weighted by atomic mass is 9.84. The molecule has 0 fully saturated rings. The van der Waals surface area contributed by atoms with E-state index in [0.717, 1.165) is 0 Å². The Labute approximate surface area is 134 Å². The van der Waals surface area contributed by atoms with Gasteiger partial charge < -0.3 is 11.1 Å². The molecule has 0 saturated heterocycles. The minimum Gasteiger partial charge on any atom is -0.370 e. The normalized spacial score (nSPS) is 12.3. The number of nitrogens with zero attached hydrogens (tertiary/aromatic N) is 2. The van der Waals surface area contributed by atoms with Crippen molar-refractivity contribution in [2.75, 3.05) is 11.9 Å². The van der Waals surface area contributed by atoms with Crippen molar-refractivity contribution in [3.05, 3.63) is 59.0 Å². The molecule has 0 aliphatic heterocycles. The zero-order valence-corrected chi connectivity index (χ0v) is 13.2. The third-order valence-corrected chi connectivity index (χ3v) is 3.54. The molecule has 22 heavy (non-hydrogen) atoms. The van der Waals surface area contributed by atoms with E-state index < -0.39 is 11.2 Å². The van der Waals surface area contributed by atoms with E-state index in [1.807, 2.05) is 26.0 Å². The number of nitrogens with one attached hydrogen (secondary N) is 1. The van der Waals surface area contributed by atoms with E-state index in [1.165, 1.54) is 6.07 Å². The summed E-state index contributed by atoms with van der Waals surface area (Å²) in [5.41, 5.74) is 5.81. The van der Waals surface area contributed by atoms with Gasteiger partial charge >= 0.3 is 0 Å². The standard InChI is InChI=1S/C16H18ClFN4/c1-16(2,11-6-5-7-12(17)14(11)18)10-21-15(19)22-13-8-3-4-9-20-13/h3-9H,10H2,1-2H3,(H3,19,20,21,22). The van der Waals surface area contributed by atoms with Crippen molar-refractivity contribution in [3.8, 4) is 0 Å². The van der Waals surface area contributed by atoms with Crippen molar-refractivity contribution in [1.82, 2.24) is 4.98 Å². The monoisotopic (exact) mass is 320 g/mol. The van der Waals surface area contributed by atoms with E-state index in [1.54, 1.807) is 24.4 Å². The van der Waals surface area contributed by atoms with E-state index in [9.17, 15) is 4.39 Å². The predicted octanol–water partition coefficient (Wildman–Crippen LogP) is 3.58. The fourth-order valence-corrected chi connectivity index (χ4v) is 2.18. The number of pyridine rings is 1. The zero-order valence-electron chi connectivity index (χ0n) is 12.5. The van der Waals surface area contributed by atoms with Crippen LogP contribution in [-0.2, 0) is 5.41 Å². The number of guanidine groups is 1. The molecule has 4 nitrogen and oxygen atoms in total. The average Bonchev–Trinajstić information content (AvgIpc) is 2.49. The van der Waals surface area contributed by atoms with E-state index >= 15 is 0 Å². The van der Waals surface area contributed by atoms with Crippen LogP contribution in [-0.4, -0.2) is 17.5 Å². The Morgan fingerprint density at radius 3 is 2.77 bits per heavy atom. The lowest BCUT2D eigenvalue weighted by Gasteiger charge is -2.24. The number of benzene rings is 1. The summed E-state index contributed by atoms with van der Waals surface area (Å²) in [4.78, 5) is 8.37. The van der Waals surface area contributed by atoms with Gasteiger partial charge in [-0.2, -0.15) is 0 Å². The fraction of sp³-hybridized carbons (Fsp3) is 0.250. The van der Waals surface area contributed by atoms with Gasteiger partial charge in [-0.1, -0.05) is 43.6 Å². The summed E-state index contributed by atoms with van der Waals surface area (Å²) in [6, 6.07) is 10.4. The van der Waals surface area contributed by atoms with Crippen LogP contribution in [0.4, 0.5) is 10.2 Å². The van der Waals surface area contributed by atoms with Crippen LogP contribution in [0.15, 0.2) is 47.6 Å². The summed E-state index contributed by atoms with van der Waals surface area (Å²) in [6.45, 7) is 4.09. The Morgan fingerprint density at radius 2 is 2.09 bits per heavy atom. The highest BCUT2D eigenvalue weighted by Gasteiger charge is 2.25. The van der Waals surface area contributed by atoms with Gasteiger partial charge in [-0.05, 0) is 23.8 Å². The highest BCUT2D eigenvalue weighted by molar-refractivity contribution is 6.30. The molecule has 6 heteroatoms. The number of anilines is 1. The quantitative estimate of drug-likeness (QED) is 0.668. The summed E-state index contributed by atoms with van der Waals surface area (Å²) in [5.74, 6) is 0.422. The maximum Gasteiger partial charge on any atom is 0.194 e. The first-order valence-electron chi connectivity index (χ1n) is 6.82. The second-order valence-corrected chi connectivity index (χ2v) is 5.93. The van der Waals surface area contributed by atoms with Gasteiger partial charge in [0.25, 0.3) is 0 Å². The molecule has 1 heterocycles. The summed E-state index contributed by atoms with van der Waals surface area (Å²) < 4.78 is 14.1. The molecular weight excluding hydrogens is 303 g/mol. The van der Waals surface area contributed by atoms with E-state index in [-0.39, 0.29) is 11.0 Å². The van der Waals surface area contributed by atoms with Crippen LogP contribution in [0.2, 0.25) is 5.02 Å². The molecule has 0 unspecified atom stereocenters. The summed E-state index contributed by atoms with van der Waals surface area (Å²) in [5, 5.41) is 2.99. The number of hydrogen-bond acceptors (Lipinski definition) is 2. The molecule has 0 amide bonds. The average molecular weight is 321 g/mol. The summed E-state index contributed by atoms with van der Waals surface area (Å²) in [7, 11) is 0. The second-order valence-electron chi connectivity index (χ2n) is 5.53. The van der Waals surface area contributed by atoms with Gasteiger partial charge in [0.05, 0.1) is 11.6 Å². The molecule has 2 aromatic rings. The largest absolute Gasteiger partial charge is 0.370 e. The first kappa shape index (κ1) is 16.2. The van der Waals surface area contributed by atoms with Gasteiger partial charge in [0.2, 0.25) is 0 Å². The lowest BCUT2D eigenvalue weighted by Crippen LogP contribution is -2.28. The van der Waals surface area contributed by atoms with E-state index in [0.29, 0.717) is 17.9 Å².